The van der Waals surface area contributed by atoms with E-state index < -0.39 is 0 Å². The van der Waals surface area contributed by atoms with Crippen LogP contribution in [0, 0.1) is 5.92 Å². The summed E-state index contributed by atoms with van der Waals surface area (Å²) in [6, 6.07) is 18.0. The van der Waals surface area contributed by atoms with Crippen molar-refractivity contribution >= 4 is 17.5 Å². The number of Topliss-reactive ketones (excluding diaryl/α,β-unsaturated/α-hetero) is 1. The Balaban J connectivity index is 1.63. The number of fused-ring (bicyclic) bond motifs is 3. The predicted molar refractivity (Wildman–Crippen MR) is 128 cm³/mol. The largest absolute Gasteiger partial charge is 0.496 e. The molecule has 2 aromatic carbocycles. The zero-order chi connectivity index (χ0) is 22.9. The monoisotopic (exact) mass is 438 g/mol. The van der Waals surface area contributed by atoms with Crippen LogP contribution in [0.2, 0.25) is 0 Å². The van der Waals surface area contributed by atoms with Crippen LogP contribution in [0.15, 0.2) is 60.7 Å². The summed E-state index contributed by atoms with van der Waals surface area (Å²) in [5, 5.41) is 13.8. The van der Waals surface area contributed by atoms with E-state index >= 15 is 0 Å². The molecule has 0 fully saturated rings. The van der Waals surface area contributed by atoms with E-state index in [1.54, 1.807) is 7.11 Å². The number of benzene rings is 2. The zero-order valence-corrected chi connectivity index (χ0v) is 19.0. The molecule has 1 unspecified atom stereocenters. The maximum absolute atomic E-state index is 12.9. The summed E-state index contributed by atoms with van der Waals surface area (Å²) >= 11 is 0. The number of para-hydroxylation sites is 1. The molecule has 1 atom stereocenters. The van der Waals surface area contributed by atoms with Crippen molar-refractivity contribution in [3.8, 4) is 16.9 Å². The van der Waals surface area contributed by atoms with Crippen molar-refractivity contribution in [2.45, 2.75) is 32.6 Å². The summed E-state index contributed by atoms with van der Waals surface area (Å²) in [5.74, 6) is 1.01. The van der Waals surface area contributed by atoms with Crippen LogP contribution in [-0.2, 0) is 6.42 Å². The van der Waals surface area contributed by atoms with Gasteiger partial charge in [0, 0.05) is 12.0 Å². The standard InChI is InChI=1S/C27H26N4O2/c1-17(2)25-24(20-11-7-8-12-23(20)33-3)27-29-28-26-21(31(27)30-25)15-19(16-22(26)32)14-13-18-9-5-4-6-10-18/h4-14,17,19H,15-16H2,1-3H3/b14-13+. The number of methoxy groups -OCH3 is 1. The fourth-order valence-electron chi connectivity index (χ4n) is 4.48. The number of hydrogen-bond donors (Lipinski definition) is 0. The molecule has 6 heteroatoms. The van der Waals surface area contributed by atoms with E-state index in [4.69, 9.17) is 9.84 Å². The molecule has 0 saturated heterocycles. The lowest BCUT2D eigenvalue weighted by molar-refractivity contribution is 0.0950. The molecule has 33 heavy (non-hydrogen) atoms. The minimum absolute atomic E-state index is 0.00815. The van der Waals surface area contributed by atoms with E-state index in [1.165, 1.54) is 0 Å². The van der Waals surface area contributed by atoms with Gasteiger partial charge in [0.1, 0.15) is 5.75 Å². The van der Waals surface area contributed by atoms with E-state index in [0.29, 0.717) is 24.2 Å². The number of carbonyl (C=O) groups excluding carboxylic acids is 1. The van der Waals surface area contributed by atoms with Gasteiger partial charge in [0.2, 0.25) is 0 Å². The van der Waals surface area contributed by atoms with Crippen LogP contribution in [0.3, 0.4) is 0 Å². The van der Waals surface area contributed by atoms with E-state index in [2.05, 4.69) is 48.3 Å². The third kappa shape index (κ3) is 3.82. The second-order valence-corrected chi connectivity index (χ2v) is 8.71. The molecule has 0 saturated carbocycles. The van der Waals surface area contributed by atoms with Gasteiger partial charge in [-0.3, -0.25) is 4.79 Å². The molecule has 5 rings (SSSR count). The number of aromatic nitrogens is 4. The third-order valence-corrected chi connectivity index (χ3v) is 6.11. The highest BCUT2D eigenvalue weighted by Gasteiger charge is 2.31. The first-order valence-corrected chi connectivity index (χ1v) is 11.2. The molecule has 2 heterocycles. The summed E-state index contributed by atoms with van der Waals surface area (Å²) < 4.78 is 7.46. The highest BCUT2D eigenvalue weighted by molar-refractivity contribution is 5.97. The predicted octanol–water partition coefficient (Wildman–Crippen LogP) is 5.38. The van der Waals surface area contributed by atoms with Crippen molar-refractivity contribution in [2.24, 2.45) is 5.92 Å². The van der Waals surface area contributed by atoms with Crippen molar-refractivity contribution in [3.05, 3.63) is 83.3 Å². The number of ketones is 1. The number of nitrogens with zero attached hydrogens (tertiary/aromatic N) is 4. The minimum Gasteiger partial charge on any atom is -0.496 e. The van der Waals surface area contributed by atoms with Gasteiger partial charge < -0.3 is 4.74 Å². The van der Waals surface area contributed by atoms with Crippen LogP contribution >= 0.6 is 0 Å². The van der Waals surface area contributed by atoms with Gasteiger partial charge in [-0.25, -0.2) is 4.52 Å². The van der Waals surface area contributed by atoms with Crippen molar-refractivity contribution < 1.29 is 9.53 Å². The Morgan fingerprint density at radius 3 is 2.55 bits per heavy atom. The molecule has 0 amide bonds. The minimum atomic E-state index is 0.00815. The first kappa shape index (κ1) is 21.1. The molecule has 0 N–H and O–H groups in total. The summed E-state index contributed by atoms with van der Waals surface area (Å²) in [7, 11) is 1.66. The van der Waals surface area contributed by atoms with E-state index in [1.807, 2.05) is 47.0 Å². The highest BCUT2D eigenvalue weighted by atomic mass is 16.5. The summed E-state index contributed by atoms with van der Waals surface area (Å²) in [6.45, 7) is 4.22. The van der Waals surface area contributed by atoms with Gasteiger partial charge in [0.15, 0.2) is 17.1 Å². The van der Waals surface area contributed by atoms with Gasteiger partial charge in [0.25, 0.3) is 0 Å². The molecule has 0 bridgehead atoms. The van der Waals surface area contributed by atoms with Crippen LogP contribution in [0.4, 0.5) is 0 Å². The molecular formula is C27H26N4O2. The van der Waals surface area contributed by atoms with Gasteiger partial charge >= 0.3 is 0 Å². The number of hydrogen-bond acceptors (Lipinski definition) is 5. The Morgan fingerprint density at radius 2 is 1.79 bits per heavy atom. The summed E-state index contributed by atoms with van der Waals surface area (Å²) in [4.78, 5) is 12.9. The second-order valence-electron chi connectivity index (χ2n) is 8.71. The van der Waals surface area contributed by atoms with Crippen molar-refractivity contribution in [2.75, 3.05) is 7.11 Å². The Kier molecular flexibility index (Phi) is 5.50. The second kappa shape index (κ2) is 8.62. The number of allylic oxidation sites excluding steroid dienone is 1. The van der Waals surface area contributed by atoms with Gasteiger partial charge in [-0.15, -0.1) is 10.2 Å². The quantitative estimate of drug-likeness (QED) is 0.418. The van der Waals surface area contributed by atoms with Gasteiger partial charge in [-0.2, -0.15) is 5.10 Å². The van der Waals surface area contributed by atoms with E-state index in [9.17, 15) is 4.79 Å². The van der Waals surface area contributed by atoms with Crippen LogP contribution in [-0.4, -0.2) is 32.7 Å². The number of ether oxygens (including phenoxy) is 1. The lowest BCUT2D eigenvalue weighted by atomic mass is 9.88. The average molecular weight is 439 g/mol. The maximum atomic E-state index is 12.9. The third-order valence-electron chi connectivity index (χ3n) is 6.11. The molecule has 1 aliphatic carbocycles. The summed E-state index contributed by atoms with van der Waals surface area (Å²) in [5.41, 5.74) is 5.77. The Bertz CT molecular complexity index is 1360. The fraction of sp³-hybridized carbons (Fsp3) is 0.259. The van der Waals surface area contributed by atoms with Gasteiger partial charge in [-0.05, 0) is 29.9 Å². The lowest BCUT2D eigenvalue weighted by Gasteiger charge is -2.20. The molecule has 6 nitrogen and oxygen atoms in total. The van der Waals surface area contributed by atoms with Crippen molar-refractivity contribution in [3.63, 3.8) is 0 Å². The van der Waals surface area contributed by atoms with Crippen LogP contribution in [0.1, 0.15) is 53.6 Å². The molecule has 4 aromatic rings. The zero-order valence-electron chi connectivity index (χ0n) is 19.0. The topological polar surface area (TPSA) is 69.4 Å². The molecule has 0 aliphatic heterocycles. The van der Waals surface area contributed by atoms with Crippen LogP contribution in [0.25, 0.3) is 22.9 Å². The fourth-order valence-corrected chi connectivity index (χ4v) is 4.48. The van der Waals surface area contributed by atoms with Crippen molar-refractivity contribution in [1.29, 1.82) is 0 Å². The Hall–Kier alpha value is -3.80. The van der Waals surface area contributed by atoms with Crippen LogP contribution < -0.4 is 4.74 Å². The van der Waals surface area contributed by atoms with E-state index in [0.717, 1.165) is 33.8 Å². The lowest BCUT2D eigenvalue weighted by Crippen LogP contribution is -2.24. The normalized spacial score (nSPS) is 16.0. The smallest absolute Gasteiger partial charge is 0.185 e. The summed E-state index contributed by atoms with van der Waals surface area (Å²) in [6.07, 6.45) is 5.31. The first-order valence-electron chi connectivity index (χ1n) is 11.2. The molecule has 0 radical (unpaired) electrons. The molecule has 166 valence electrons. The maximum Gasteiger partial charge on any atom is 0.185 e. The Morgan fingerprint density at radius 1 is 1.03 bits per heavy atom. The first-order chi connectivity index (χ1) is 16.1. The number of rotatable bonds is 5. The molecule has 0 spiro atoms. The van der Waals surface area contributed by atoms with Crippen LogP contribution in [0.5, 0.6) is 5.75 Å². The Labute approximate surface area is 192 Å². The highest BCUT2D eigenvalue weighted by Crippen LogP contribution is 2.38. The van der Waals surface area contributed by atoms with Gasteiger partial charge in [0.05, 0.1) is 24.1 Å². The molecular weight excluding hydrogens is 412 g/mol. The average Bonchev–Trinajstić information content (AvgIpc) is 3.24. The van der Waals surface area contributed by atoms with E-state index in [-0.39, 0.29) is 17.6 Å². The molecule has 2 aromatic heterocycles. The van der Waals surface area contributed by atoms with Gasteiger partial charge in [-0.1, -0.05) is 74.5 Å². The SMILES string of the molecule is COc1ccccc1-c1c(C(C)C)nn2c3c(nnc12)C(=O)CC(/C=C/c1ccccc1)C3. The number of carbonyl (C=O) groups is 1. The van der Waals surface area contributed by atoms with Crippen molar-refractivity contribution in [1.82, 2.24) is 19.8 Å². The molecule has 1 aliphatic rings.